The van der Waals surface area contributed by atoms with Gasteiger partial charge in [-0.15, -0.1) is 0 Å². The first-order valence-electron chi connectivity index (χ1n) is 12.6. The van der Waals surface area contributed by atoms with E-state index in [2.05, 4.69) is 10.0 Å². The second-order valence-corrected chi connectivity index (χ2v) is 11.3. The molecule has 0 aliphatic rings. The third-order valence-electron chi connectivity index (χ3n) is 6.35. The van der Waals surface area contributed by atoms with Crippen LogP contribution in [0, 0.1) is 12.8 Å². The Morgan fingerprint density at radius 3 is 2.20 bits per heavy atom. The number of ether oxygens (including phenoxy) is 1. The van der Waals surface area contributed by atoms with Crippen LogP contribution < -0.4 is 20.5 Å². The SMILES string of the molecule is Cc1c(C(=O)Nc2ccc(-c3ccc(S(=O)(=O)N[C@H](C(=O)O)C(C)C)cc3)cc2)oc2cccc(OCCN)c12. The van der Waals surface area contributed by atoms with Gasteiger partial charge in [-0.3, -0.25) is 9.59 Å². The first-order chi connectivity index (χ1) is 19.0. The number of hydrogen-bond acceptors (Lipinski definition) is 7. The van der Waals surface area contributed by atoms with Crippen molar-refractivity contribution in [3.63, 3.8) is 0 Å². The zero-order valence-electron chi connectivity index (χ0n) is 22.3. The van der Waals surface area contributed by atoms with Gasteiger partial charge >= 0.3 is 5.97 Å². The number of amides is 1. The molecule has 0 saturated carbocycles. The monoisotopic (exact) mass is 565 g/mol. The standard InChI is InChI=1S/C29H31N3O7S/c1-17(2)26(29(34)35)32-40(36,37)22-13-9-20(10-14-22)19-7-11-21(12-8-19)31-28(33)27-18(3)25-23(38-16-15-30)5-4-6-24(25)39-27/h4-14,17,26,32H,15-16,30H2,1-3H3,(H,31,33)(H,34,35)/t26-/m0/s1. The molecule has 0 fully saturated rings. The van der Waals surface area contributed by atoms with Crippen molar-refractivity contribution >= 4 is 38.6 Å². The van der Waals surface area contributed by atoms with E-state index in [9.17, 15) is 23.1 Å². The van der Waals surface area contributed by atoms with Gasteiger partial charge in [0.1, 0.15) is 24.0 Å². The quantitative estimate of drug-likeness (QED) is 0.208. The highest BCUT2D eigenvalue weighted by atomic mass is 32.2. The molecule has 10 nitrogen and oxygen atoms in total. The minimum atomic E-state index is -4.02. The summed E-state index contributed by atoms with van der Waals surface area (Å²) in [4.78, 5) is 24.4. The highest BCUT2D eigenvalue weighted by Crippen LogP contribution is 2.33. The largest absolute Gasteiger partial charge is 0.491 e. The number of rotatable bonds is 11. The summed E-state index contributed by atoms with van der Waals surface area (Å²) in [5.41, 5.74) is 8.82. The Kier molecular flexibility index (Phi) is 8.58. The van der Waals surface area contributed by atoms with Crippen LogP contribution in [0.4, 0.5) is 5.69 Å². The van der Waals surface area contributed by atoms with Crippen LogP contribution in [0.25, 0.3) is 22.1 Å². The van der Waals surface area contributed by atoms with E-state index in [0.29, 0.717) is 35.7 Å². The minimum Gasteiger partial charge on any atom is -0.491 e. The van der Waals surface area contributed by atoms with Gasteiger partial charge in [0, 0.05) is 17.8 Å². The number of aryl methyl sites for hydroxylation is 1. The Balaban J connectivity index is 1.48. The van der Waals surface area contributed by atoms with Crippen LogP contribution in [0.15, 0.2) is 76.0 Å². The number of carboxylic acids is 1. The minimum absolute atomic E-state index is 0.0372. The number of hydrogen-bond donors (Lipinski definition) is 4. The average Bonchev–Trinajstić information content (AvgIpc) is 3.28. The zero-order chi connectivity index (χ0) is 29.0. The molecule has 0 unspecified atom stereocenters. The predicted molar refractivity (Wildman–Crippen MR) is 152 cm³/mol. The number of carbonyl (C=O) groups excluding carboxylic acids is 1. The number of aliphatic carboxylic acids is 1. The summed E-state index contributed by atoms with van der Waals surface area (Å²) in [5.74, 6) is -1.29. The highest BCUT2D eigenvalue weighted by Gasteiger charge is 2.28. The van der Waals surface area contributed by atoms with Gasteiger partial charge < -0.3 is 25.3 Å². The molecule has 0 bridgehead atoms. The molecule has 0 radical (unpaired) electrons. The third-order valence-corrected chi connectivity index (χ3v) is 7.81. The number of nitrogens with one attached hydrogen (secondary N) is 2. The fourth-order valence-corrected chi connectivity index (χ4v) is 5.58. The van der Waals surface area contributed by atoms with Gasteiger partial charge in [-0.2, -0.15) is 4.72 Å². The van der Waals surface area contributed by atoms with Gasteiger partial charge in [0.15, 0.2) is 5.76 Å². The van der Waals surface area contributed by atoms with E-state index >= 15 is 0 Å². The van der Waals surface area contributed by atoms with Crippen molar-refractivity contribution in [2.24, 2.45) is 11.7 Å². The van der Waals surface area contributed by atoms with Gasteiger partial charge in [-0.05, 0) is 60.4 Å². The molecule has 11 heteroatoms. The third kappa shape index (κ3) is 6.17. The van der Waals surface area contributed by atoms with Gasteiger partial charge in [-0.1, -0.05) is 44.2 Å². The first-order valence-corrected chi connectivity index (χ1v) is 14.1. The molecule has 0 aliphatic carbocycles. The molecule has 4 rings (SSSR count). The second-order valence-electron chi connectivity index (χ2n) is 9.56. The number of nitrogens with two attached hydrogens (primary N) is 1. The van der Waals surface area contributed by atoms with Crippen LogP contribution in [0.2, 0.25) is 0 Å². The maximum atomic E-state index is 13.0. The number of carboxylic acid groups (broad SMARTS) is 1. The van der Waals surface area contributed by atoms with Crippen LogP contribution in [0.3, 0.4) is 0 Å². The number of anilines is 1. The van der Waals surface area contributed by atoms with Gasteiger partial charge in [0.05, 0.1) is 10.3 Å². The van der Waals surface area contributed by atoms with E-state index in [1.165, 1.54) is 12.1 Å². The molecule has 0 spiro atoms. The topological polar surface area (TPSA) is 161 Å². The van der Waals surface area contributed by atoms with E-state index < -0.39 is 33.9 Å². The normalized spacial score (nSPS) is 12.4. The summed E-state index contributed by atoms with van der Waals surface area (Å²) in [6.45, 7) is 5.76. The lowest BCUT2D eigenvalue weighted by molar-refractivity contribution is -0.140. The van der Waals surface area contributed by atoms with Crippen molar-refractivity contribution in [3.05, 3.63) is 78.1 Å². The van der Waals surface area contributed by atoms with Crippen LogP contribution in [-0.4, -0.2) is 44.6 Å². The second kappa shape index (κ2) is 11.9. The van der Waals surface area contributed by atoms with Gasteiger partial charge in [-0.25, -0.2) is 8.42 Å². The molecule has 1 atom stereocenters. The van der Waals surface area contributed by atoms with Crippen molar-refractivity contribution in [2.75, 3.05) is 18.5 Å². The number of fused-ring (bicyclic) bond motifs is 1. The van der Waals surface area contributed by atoms with Crippen molar-refractivity contribution in [1.29, 1.82) is 0 Å². The molecular formula is C29H31N3O7S. The Hall–Kier alpha value is -4.19. The summed E-state index contributed by atoms with van der Waals surface area (Å²) in [5, 5.41) is 12.9. The van der Waals surface area contributed by atoms with Crippen molar-refractivity contribution in [2.45, 2.75) is 31.7 Å². The molecule has 1 amide bonds. The molecule has 4 aromatic rings. The maximum absolute atomic E-state index is 13.0. The summed E-state index contributed by atoms with van der Waals surface area (Å²) >= 11 is 0. The van der Waals surface area contributed by atoms with Crippen LogP contribution in [0.5, 0.6) is 5.75 Å². The zero-order valence-corrected chi connectivity index (χ0v) is 23.1. The molecule has 0 aliphatic heterocycles. The number of carbonyl (C=O) groups is 2. The molecule has 1 heterocycles. The number of furan rings is 1. The fraction of sp³-hybridized carbons (Fsp3) is 0.241. The van der Waals surface area contributed by atoms with Crippen LogP contribution in [0.1, 0.15) is 30.0 Å². The number of benzene rings is 3. The molecule has 0 saturated heterocycles. The molecular weight excluding hydrogens is 534 g/mol. The van der Waals surface area contributed by atoms with Crippen LogP contribution in [-0.2, 0) is 14.8 Å². The van der Waals surface area contributed by atoms with Crippen LogP contribution >= 0.6 is 0 Å². The van der Waals surface area contributed by atoms with E-state index in [0.717, 1.165) is 16.5 Å². The average molecular weight is 566 g/mol. The molecule has 1 aromatic heterocycles. The summed E-state index contributed by atoms with van der Waals surface area (Å²) in [6.07, 6.45) is 0. The van der Waals surface area contributed by atoms with Gasteiger partial charge in [0.2, 0.25) is 10.0 Å². The number of sulfonamides is 1. The lowest BCUT2D eigenvalue weighted by Crippen LogP contribution is -2.44. The molecule has 40 heavy (non-hydrogen) atoms. The predicted octanol–water partition coefficient (Wildman–Crippen LogP) is 4.39. The Morgan fingerprint density at radius 1 is 1.00 bits per heavy atom. The summed E-state index contributed by atoms with van der Waals surface area (Å²) in [7, 11) is -4.02. The van der Waals surface area contributed by atoms with E-state index in [1.807, 2.05) is 0 Å². The summed E-state index contributed by atoms with van der Waals surface area (Å²) < 4.78 is 39.1. The lowest BCUT2D eigenvalue weighted by Gasteiger charge is -2.18. The highest BCUT2D eigenvalue weighted by molar-refractivity contribution is 7.89. The Labute approximate surface area is 232 Å². The molecule has 5 N–H and O–H groups in total. The van der Waals surface area contributed by atoms with Gasteiger partial charge in [0.25, 0.3) is 5.91 Å². The lowest BCUT2D eigenvalue weighted by atomic mass is 10.1. The van der Waals surface area contributed by atoms with E-state index in [-0.39, 0.29) is 10.7 Å². The smallest absolute Gasteiger partial charge is 0.322 e. The maximum Gasteiger partial charge on any atom is 0.322 e. The van der Waals surface area contributed by atoms with E-state index in [4.69, 9.17) is 14.9 Å². The Morgan fingerprint density at radius 2 is 1.62 bits per heavy atom. The van der Waals surface area contributed by atoms with E-state index in [1.54, 1.807) is 75.4 Å². The molecule has 210 valence electrons. The van der Waals surface area contributed by atoms with Crippen molar-refractivity contribution in [1.82, 2.24) is 4.72 Å². The molecule has 3 aromatic carbocycles. The van der Waals surface area contributed by atoms with Crippen molar-refractivity contribution < 1.29 is 32.3 Å². The Bertz CT molecular complexity index is 1630. The summed E-state index contributed by atoms with van der Waals surface area (Å²) in [6, 6.07) is 17.3. The first kappa shape index (κ1) is 28.8. The fourth-order valence-electron chi connectivity index (χ4n) is 4.24. The van der Waals surface area contributed by atoms with Crippen molar-refractivity contribution in [3.8, 4) is 16.9 Å².